The lowest BCUT2D eigenvalue weighted by molar-refractivity contribution is 0.0912. The van der Waals surface area contributed by atoms with Crippen LogP contribution >= 0.6 is 22.9 Å². The summed E-state index contributed by atoms with van der Waals surface area (Å²) in [5.41, 5.74) is 0.197. The summed E-state index contributed by atoms with van der Waals surface area (Å²) in [4.78, 5) is 11.7. The van der Waals surface area contributed by atoms with Crippen LogP contribution in [0, 0.1) is 11.6 Å². The molecule has 0 saturated heterocycles. The van der Waals surface area contributed by atoms with E-state index in [4.69, 9.17) is 11.6 Å². The van der Waals surface area contributed by atoms with Crippen LogP contribution in [0.3, 0.4) is 0 Å². The highest BCUT2D eigenvalue weighted by molar-refractivity contribution is 7.07. The predicted octanol–water partition coefficient (Wildman–Crippen LogP) is 3.14. The topological polar surface area (TPSA) is 49.3 Å². The Balaban J connectivity index is 2.04. The number of aliphatic hydroxyl groups excluding tert-OH is 1. The van der Waals surface area contributed by atoms with Crippen molar-refractivity contribution in [1.82, 2.24) is 5.32 Å². The first-order valence-electron chi connectivity index (χ1n) is 5.62. The second-order valence-electron chi connectivity index (χ2n) is 4.03. The molecule has 20 heavy (non-hydrogen) atoms. The molecule has 0 aliphatic rings. The molecule has 0 aliphatic heterocycles. The van der Waals surface area contributed by atoms with E-state index in [9.17, 15) is 18.7 Å². The zero-order valence-corrected chi connectivity index (χ0v) is 11.6. The van der Waals surface area contributed by atoms with Crippen molar-refractivity contribution in [2.45, 2.75) is 6.10 Å². The quantitative estimate of drug-likeness (QED) is 0.851. The molecule has 2 N–H and O–H groups in total. The molecule has 1 heterocycles. The fourth-order valence-electron chi connectivity index (χ4n) is 1.56. The van der Waals surface area contributed by atoms with E-state index >= 15 is 0 Å². The fraction of sp³-hybridized carbons (Fsp3) is 0.154. The zero-order valence-electron chi connectivity index (χ0n) is 10.1. The van der Waals surface area contributed by atoms with Crippen LogP contribution in [-0.4, -0.2) is 17.6 Å². The average Bonchev–Trinajstić information content (AvgIpc) is 2.94. The molecule has 0 aliphatic carbocycles. The number of hydrogen-bond acceptors (Lipinski definition) is 3. The maximum Gasteiger partial charge on any atom is 0.254 e. The molecule has 1 unspecified atom stereocenters. The van der Waals surface area contributed by atoms with Crippen LogP contribution in [0.2, 0.25) is 5.02 Å². The number of benzene rings is 1. The van der Waals surface area contributed by atoms with Gasteiger partial charge in [0, 0.05) is 6.54 Å². The highest BCUT2D eigenvalue weighted by Crippen LogP contribution is 2.20. The van der Waals surface area contributed by atoms with Gasteiger partial charge in [0.05, 0.1) is 16.7 Å². The standard InChI is InChI=1S/C13H10ClF2NO2S/c14-9-4-10(15)8(3-11(9)16)13(19)17-5-12(18)7-1-2-20-6-7/h1-4,6,12,18H,5H2,(H,17,19). The predicted molar refractivity (Wildman–Crippen MR) is 73.0 cm³/mol. The maximum atomic E-state index is 13.5. The summed E-state index contributed by atoms with van der Waals surface area (Å²) in [5, 5.41) is 15.2. The first-order valence-corrected chi connectivity index (χ1v) is 6.94. The molecule has 2 aromatic rings. The minimum atomic E-state index is -0.918. The summed E-state index contributed by atoms with van der Waals surface area (Å²) in [7, 11) is 0. The van der Waals surface area contributed by atoms with E-state index in [0.717, 1.165) is 12.1 Å². The Hall–Kier alpha value is -1.50. The van der Waals surface area contributed by atoms with Gasteiger partial charge in [-0.3, -0.25) is 4.79 Å². The summed E-state index contributed by atoms with van der Waals surface area (Å²) in [6, 6.07) is 3.18. The Kier molecular flexibility index (Phi) is 4.69. The number of carbonyl (C=O) groups excluding carboxylic acids is 1. The largest absolute Gasteiger partial charge is 0.387 e. The van der Waals surface area contributed by atoms with Gasteiger partial charge in [0.1, 0.15) is 11.6 Å². The molecule has 0 fully saturated rings. The molecule has 1 amide bonds. The van der Waals surface area contributed by atoms with Gasteiger partial charge >= 0.3 is 0 Å². The smallest absolute Gasteiger partial charge is 0.254 e. The van der Waals surface area contributed by atoms with Crippen molar-refractivity contribution in [1.29, 1.82) is 0 Å². The molecule has 1 aromatic heterocycles. The number of thiophene rings is 1. The van der Waals surface area contributed by atoms with E-state index in [1.54, 1.807) is 16.8 Å². The Bertz CT molecular complexity index is 619. The normalized spacial score (nSPS) is 12.2. The van der Waals surface area contributed by atoms with E-state index in [1.807, 2.05) is 0 Å². The minimum Gasteiger partial charge on any atom is -0.387 e. The lowest BCUT2D eigenvalue weighted by Gasteiger charge is -2.11. The number of rotatable bonds is 4. The molecule has 7 heteroatoms. The zero-order chi connectivity index (χ0) is 14.7. The third kappa shape index (κ3) is 3.33. The molecule has 0 bridgehead atoms. The molecule has 1 atom stereocenters. The Morgan fingerprint density at radius 3 is 2.80 bits per heavy atom. The third-order valence-corrected chi connectivity index (χ3v) is 3.63. The van der Waals surface area contributed by atoms with Gasteiger partial charge in [-0.15, -0.1) is 0 Å². The van der Waals surface area contributed by atoms with E-state index in [-0.39, 0.29) is 6.54 Å². The van der Waals surface area contributed by atoms with E-state index in [1.165, 1.54) is 11.3 Å². The van der Waals surface area contributed by atoms with Crippen molar-refractivity contribution >= 4 is 28.8 Å². The van der Waals surface area contributed by atoms with Gasteiger partial charge in [0.15, 0.2) is 0 Å². The highest BCUT2D eigenvalue weighted by atomic mass is 35.5. The van der Waals surface area contributed by atoms with E-state index in [2.05, 4.69) is 5.32 Å². The highest BCUT2D eigenvalue weighted by Gasteiger charge is 2.17. The molecule has 0 saturated carbocycles. The Morgan fingerprint density at radius 1 is 1.40 bits per heavy atom. The van der Waals surface area contributed by atoms with E-state index in [0.29, 0.717) is 5.56 Å². The van der Waals surface area contributed by atoms with E-state index < -0.39 is 34.2 Å². The molecule has 2 rings (SSSR count). The number of carbonyl (C=O) groups is 1. The van der Waals surface area contributed by atoms with Crippen molar-refractivity contribution in [3.8, 4) is 0 Å². The summed E-state index contributed by atoms with van der Waals surface area (Å²) in [5.74, 6) is -2.61. The lowest BCUT2D eigenvalue weighted by atomic mass is 10.1. The van der Waals surface area contributed by atoms with Crippen LogP contribution in [0.1, 0.15) is 22.0 Å². The van der Waals surface area contributed by atoms with Gasteiger partial charge in [-0.05, 0) is 34.5 Å². The van der Waals surface area contributed by atoms with Crippen LogP contribution in [-0.2, 0) is 0 Å². The lowest BCUT2D eigenvalue weighted by Crippen LogP contribution is -2.29. The van der Waals surface area contributed by atoms with Gasteiger partial charge in [0.25, 0.3) is 5.91 Å². The first kappa shape index (κ1) is 14.9. The van der Waals surface area contributed by atoms with Crippen LogP contribution < -0.4 is 5.32 Å². The molecule has 0 spiro atoms. The van der Waals surface area contributed by atoms with Gasteiger partial charge < -0.3 is 10.4 Å². The number of aliphatic hydroxyl groups is 1. The SMILES string of the molecule is O=C(NCC(O)c1ccsc1)c1cc(F)c(Cl)cc1F. The fourth-order valence-corrected chi connectivity index (χ4v) is 2.42. The second kappa shape index (κ2) is 6.30. The average molecular weight is 318 g/mol. The third-order valence-electron chi connectivity index (χ3n) is 2.64. The minimum absolute atomic E-state index is 0.0980. The van der Waals surface area contributed by atoms with Gasteiger partial charge in [0.2, 0.25) is 0 Å². The summed E-state index contributed by atoms with van der Waals surface area (Å²) >= 11 is 6.81. The van der Waals surface area contributed by atoms with Gasteiger partial charge in [-0.2, -0.15) is 11.3 Å². The summed E-state index contributed by atoms with van der Waals surface area (Å²) in [6.45, 7) is -0.0980. The molecule has 3 nitrogen and oxygen atoms in total. The maximum absolute atomic E-state index is 13.5. The van der Waals surface area contributed by atoms with Crippen molar-refractivity contribution in [3.05, 3.63) is 56.7 Å². The number of hydrogen-bond donors (Lipinski definition) is 2. The van der Waals surface area contributed by atoms with Crippen LogP contribution in [0.15, 0.2) is 29.0 Å². The molecule has 0 radical (unpaired) electrons. The number of amides is 1. The van der Waals surface area contributed by atoms with Crippen LogP contribution in [0.25, 0.3) is 0 Å². The second-order valence-corrected chi connectivity index (χ2v) is 5.22. The molecular formula is C13H10ClF2NO2S. The first-order chi connectivity index (χ1) is 9.49. The Labute approximate surface area is 122 Å². The summed E-state index contributed by atoms with van der Waals surface area (Å²) in [6.07, 6.45) is -0.898. The Morgan fingerprint density at radius 2 is 2.15 bits per heavy atom. The van der Waals surface area contributed by atoms with Crippen molar-refractivity contribution in [3.63, 3.8) is 0 Å². The van der Waals surface area contributed by atoms with Crippen molar-refractivity contribution in [2.75, 3.05) is 6.54 Å². The van der Waals surface area contributed by atoms with Crippen LogP contribution in [0.4, 0.5) is 8.78 Å². The van der Waals surface area contributed by atoms with Gasteiger partial charge in [-0.25, -0.2) is 8.78 Å². The molecule has 106 valence electrons. The van der Waals surface area contributed by atoms with Gasteiger partial charge in [-0.1, -0.05) is 11.6 Å². The monoisotopic (exact) mass is 317 g/mol. The molecule has 1 aromatic carbocycles. The summed E-state index contributed by atoms with van der Waals surface area (Å²) < 4.78 is 26.7. The van der Waals surface area contributed by atoms with Crippen molar-refractivity contribution in [2.24, 2.45) is 0 Å². The molecular weight excluding hydrogens is 308 g/mol. The number of halogens is 3. The van der Waals surface area contributed by atoms with Crippen LogP contribution in [0.5, 0.6) is 0 Å². The number of nitrogens with one attached hydrogen (secondary N) is 1. The van der Waals surface area contributed by atoms with Crippen molar-refractivity contribution < 1.29 is 18.7 Å².